The van der Waals surface area contributed by atoms with Crippen molar-refractivity contribution in [1.29, 1.82) is 0 Å². The van der Waals surface area contributed by atoms with Gasteiger partial charge in [-0.2, -0.15) is 0 Å². The highest BCUT2D eigenvalue weighted by Gasteiger charge is 2.29. The van der Waals surface area contributed by atoms with Crippen LogP contribution in [0, 0.1) is 17.7 Å². The standard InChI is InChI=1S/C23H25FN4O4/c1-16(29)21(22(30)26-32)25-23(31)28-14-12-27(13-15-28)19-10-7-17(8-11-19)6-9-18-4-2-3-5-20(18)24/h2-5,7-8,10-11,16,21,29,32H,12-15H2,1H3,(H,25,31)(H,26,30)/t16-,21+/m1/s1. The molecule has 1 heterocycles. The van der Waals surface area contributed by atoms with Gasteiger partial charge in [-0.15, -0.1) is 0 Å². The molecule has 3 amide bonds. The molecule has 0 unspecified atom stereocenters. The number of nitrogens with zero attached hydrogens (tertiary/aromatic N) is 2. The van der Waals surface area contributed by atoms with Crippen LogP contribution in [0.4, 0.5) is 14.9 Å². The molecule has 0 spiro atoms. The van der Waals surface area contributed by atoms with Gasteiger partial charge in [0.1, 0.15) is 11.9 Å². The molecule has 2 aromatic rings. The fourth-order valence-electron chi connectivity index (χ4n) is 3.32. The number of hydroxylamine groups is 1. The van der Waals surface area contributed by atoms with Crippen molar-refractivity contribution in [2.75, 3.05) is 31.1 Å². The van der Waals surface area contributed by atoms with Gasteiger partial charge < -0.3 is 20.2 Å². The van der Waals surface area contributed by atoms with E-state index in [1.165, 1.54) is 18.5 Å². The number of amides is 3. The third-order valence-electron chi connectivity index (χ3n) is 5.17. The first-order chi connectivity index (χ1) is 15.4. The van der Waals surface area contributed by atoms with Crippen molar-refractivity contribution in [3.63, 3.8) is 0 Å². The molecule has 3 rings (SSSR count). The molecule has 1 fully saturated rings. The zero-order chi connectivity index (χ0) is 23.1. The van der Waals surface area contributed by atoms with Crippen molar-refractivity contribution >= 4 is 17.6 Å². The van der Waals surface area contributed by atoms with E-state index in [4.69, 9.17) is 5.21 Å². The van der Waals surface area contributed by atoms with E-state index in [2.05, 4.69) is 22.1 Å². The molecule has 0 radical (unpaired) electrons. The van der Waals surface area contributed by atoms with Gasteiger partial charge in [-0.1, -0.05) is 24.0 Å². The highest BCUT2D eigenvalue weighted by molar-refractivity contribution is 5.87. The van der Waals surface area contributed by atoms with Gasteiger partial charge in [-0.05, 0) is 43.3 Å². The summed E-state index contributed by atoms with van der Waals surface area (Å²) in [4.78, 5) is 27.7. The smallest absolute Gasteiger partial charge is 0.318 e. The zero-order valence-corrected chi connectivity index (χ0v) is 17.6. The Bertz CT molecular complexity index is 1010. The van der Waals surface area contributed by atoms with E-state index in [0.29, 0.717) is 31.7 Å². The van der Waals surface area contributed by atoms with E-state index in [0.717, 1.165) is 11.3 Å². The maximum absolute atomic E-state index is 13.7. The minimum absolute atomic E-state index is 0.347. The first kappa shape index (κ1) is 23.1. The second-order valence-electron chi connectivity index (χ2n) is 7.39. The van der Waals surface area contributed by atoms with Crippen LogP contribution in [0.25, 0.3) is 0 Å². The molecule has 8 nitrogen and oxygen atoms in total. The molecule has 1 aliphatic heterocycles. The predicted octanol–water partition coefficient (Wildman–Crippen LogP) is 1.31. The Morgan fingerprint density at radius 2 is 1.69 bits per heavy atom. The summed E-state index contributed by atoms with van der Waals surface area (Å²) < 4.78 is 13.7. The van der Waals surface area contributed by atoms with Crippen LogP contribution in [-0.4, -0.2) is 65.5 Å². The first-order valence-corrected chi connectivity index (χ1v) is 10.2. The van der Waals surface area contributed by atoms with Gasteiger partial charge in [0, 0.05) is 37.4 Å². The third kappa shape index (κ3) is 5.75. The monoisotopic (exact) mass is 440 g/mol. The van der Waals surface area contributed by atoms with Gasteiger partial charge in [-0.25, -0.2) is 14.7 Å². The fourth-order valence-corrected chi connectivity index (χ4v) is 3.32. The molecule has 4 N–H and O–H groups in total. The minimum atomic E-state index is -1.25. The van der Waals surface area contributed by atoms with Crippen molar-refractivity contribution in [2.24, 2.45) is 0 Å². The molecule has 0 saturated carbocycles. The summed E-state index contributed by atoms with van der Waals surface area (Å²) in [5.41, 5.74) is 3.53. The molecule has 0 aromatic heterocycles. The summed E-state index contributed by atoms with van der Waals surface area (Å²) in [5, 5.41) is 20.8. The molecule has 32 heavy (non-hydrogen) atoms. The molecule has 1 saturated heterocycles. The average Bonchev–Trinajstić information content (AvgIpc) is 2.81. The van der Waals surface area contributed by atoms with Gasteiger partial charge >= 0.3 is 6.03 Å². The maximum atomic E-state index is 13.7. The molecule has 0 aliphatic carbocycles. The second-order valence-corrected chi connectivity index (χ2v) is 7.39. The van der Waals surface area contributed by atoms with E-state index >= 15 is 0 Å². The summed E-state index contributed by atoms with van der Waals surface area (Å²) >= 11 is 0. The van der Waals surface area contributed by atoms with Crippen LogP contribution < -0.4 is 15.7 Å². The first-order valence-electron chi connectivity index (χ1n) is 10.2. The Morgan fingerprint density at radius 1 is 1.03 bits per heavy atom. The molecule has 2 atom stereocenters. The minimum Gasteiger partial charge on any atom is -0.391 e. The van der Waals surface area contributed by atoms with Crippen LogP contribution in [-0.2, 0) is 4.79 Å². The Labute approximate surface area is 185 Å². The van der Waals surface area contributed by atoms with Crippen molar-refractivity contribution in [3.05, 3.63) is 65.5 Å². The number of hydrogen-bond donors (Lipinski definition) is 4. The second kappa shape index (κ2) is 10.6. The summed E-state index contributed by atoms with van der Waals surface area (Å²) in [7, 11) is 0. The molecule has 168 valence electrons. The third-order valence-corrected chi connectivity index (χ3v) is 5.17. The number of benzene rings is 2. The lowest BCUT2D eigenvalue weighted by atomic mass is 10.1. The van der Waals surface area contributed by atoms with E-state index in [-0.39, 0.29) is 5.82 Å². The van der Waals surface area contributed by atoms with Gasteiger partial charge in [0.05, 0.1) is 11.7 Å². The van der Waals surface area contributed by atoms with Crippen LogP contribution >= 0.6 is 0 Å². The number of rotatable bonds is 4. The molecule has 1 aliphatic rings. The van der Waals surface area contributed by atoms with Crippen molar-refractivity contribution in [2.45, 2.75) is 19.1 Å². The van der Waals surface area contributed by atoms with E-state index in [9.17, 15) is 19.1 Å². The number of nitrogens with one attached hydrogen (secondary N) is 2. The van der Waals surface area contributed by atoms with E-state index in [1.807, 2.05) is 24.3 Å². The Kier molecular flexibility index (Phi) is 7.65. The largest absolute Gasteiger partial charge is 0.391 e. The number of aliphatic hydroxyl groups is 1. The van der Waals surface area contributed by atoms with Gasteiger partial charge in [0.25, 0.3) is 5.91 Å². The average molecular weight is 440 g/mol. The SMILES string of the molecule is C[C@@H](O)[C@H](NC(=O)N1CCN(c2ccc(C#Cc3ccccc3F)cc2)CC1)C(=O)NO. The van der Waals surface area contributed by atoms with Gasteiger partial charge in [0.15, 0.2) is 0 Å². The lowest BCUT2D eigenvalue weighted by molar-refractivity contribution is -0.133. The summed E-state index contributed by atoms with van der Waals surface area (Å²) in [6, 6.07) is 12.2. The predicted molar refractivity (Wildman–Crippen MR) is 117 cm³/mol. The van der Waals surface area contributed by atoms with Crippen LogP contribution in [0.1, 0.15) is 18.1 Å². The number of anilines is 1. The lowest BCUT2D eigenvalue weighted by Crippen LogP contribution is -2.58. The van der Waals surface area contributed by atoms with Gasteiger partial charge in [-0.3, -0.25) is 10.0 Å². The Balaban J connectivity index is 1.56. The number of carbonyl (C=O) groups excluding carboxylic acids is 2. The Morgan fingerprint density at radius 3 is 2.28 bits per heavy atom. The molecule has 0 bridgehead atoms. The van der Waals surface area contributed by atoms with Gasteiger partial charge in [0.2, 0.25) is 0 Å². The number of urea groups is 1. The number of aliphatic hydroxyl groups excluding tert-OH is 1. The van der Waals surface area contributed by atoms with Crippen molar-refractivity contribution < 1.29 is 24.3 Å². The number of hydrogen-bond acceptors (Lipinski definition) is 5. The highest BCUT2D eigenvalue weighted by atomic mass is 19.1. The highest BCUT2D eigenvalue weighted by Crippen LogP contribution is 2.17. The Hall–Kier alpha value is -3.61. The zero-order valence-electron chi connectivity index (χ0n) is 17.6. The van der Waals surface area contributed by atoms with Crippen molar-refractivity contribution in [3.8, 4) is 11.8 Å². The summed E-state index contributed by atoms with van der Waals surface area (Å²) in [5.74, 6) is 4.55. The number of halogens is 1. The van der Waals surface area contributed by atoms with Crippen LogP contribution in [0.15, 0.2) is 48.5 Å². The van der Waals surface area contributed by atoms with E-state index < -0.39 is 24.1 Å². The topological polar surface area (TPSA) is 105 Å². The summed E-state index contributed by atoms with van der Waals surface area (Å²) in [6.07, 6.45) is -1.16. The van der Waals surface area contributed by atoms with Crippen molar-refractivity contribution in [1.82, 2.24) is 15.7 Å². The fraction of sp³-hybridized carbons (Fsp3) is 0.304. The molecule has 9 heteroatoms. The normalized spacial score (nSPS) is 15.2. The lowest BCUT2D eigenvalue weighted by Gasteiger charge is -2.36. The molecular formula is C23H25FN4O4. The van der Waals surface area contributed by atoms with Crippen LogP contribution in [0.5, 0.6) is 0 Å². The van der Waals surface area contributed by atoms with E-state index in [1.54, 1.807) is 23.1 Å². The maximum Gasteiger partial charge on any atom is 0.318 e. The van der Waals surface area contributed by atoms with Crippen LogP contribution in [0.3, 0.4) is 0 Å². The van der Waals surface area contributed by atoms with Crippen LogP contribution in [0.2, 0.25) is 0 Å². The summed E-state index contributed by atoms with van der Waals surface area (Å²) in [6.45, 7) is 3.36. The number of carbonyl (C=O) groups is 2. The quantitative estimate of drug-likeness (QED) is 0.326. The molecule has 2 aromatic carbocycles. The number of piperazine rings is 1. The molecular weight excluding hydrogens is 415 g/mol.